The van der Waals surface area contributed by atoms with Crippen LogP contribution in [-0.2, 0) is 0 Å². The summed E-state index contributed by atoms with van der Waals surface area (Å²) in [7, 11) is 0. The van der Waals surface area contributed by atoms with E-state index in [9.17, 15) is 0 Å². The largest absolute Gasteiger partial charge is 0.0882 e. The van der Waals surface area contributed by atoms with Crippen LogP contribution in [0.4, 0.5) is 0 Å². The van der Waals surface area contributed by atoms with Crippen LogP contribution in [0.5, 0.6) is 0 Å². The number of rotatable bonds is 6. The molecule has 0 rings (SSSR count). The Balaban J connectivity index is 4.47. The summed E-state index contributed by atoms with van der Waals surface area (Å²) in [5.74, 6) is 0. The third kappa shape index (κ3) is 5.95. The lowest BCUT2D eigenvalue weighted by molar-refractivity contribution is 0.813. The topological polar surface area (TPSA) is 0 Å². The summed E-state index contributed by atoms with van der Waals surface area (Å²) >= 11 is 0. The van der Waals surface area contributed by atoms with Crippen molar-refractivity contribution < 1.29 is 0 Å². The molecule has 0 aromatic heterocycles. The van der Waals surface area contributed by atoms with Gasteiger partial charge in [-0.05, 0) is 58.6 Å². The number of unbranched alkanes of at least 4 members (excludes halogenated alkanes) is 2. The Hall–Kier alpha value is -0.780. The lowest BCUT2D eigenvalue weighted by Crippen LogP contribution is -1.90. The molecule has 16 heavy (non-hydrogen) atoms. The van der Waals surface area contributed by atoms with Crippen LogP contribution in [0.25, 0.3) is 0 Å². The van der Waals surface area contributed by atoms with Gasteiger partial charge in [-0.2, -0.15) is 0 Å². The average Bonchev–Trinajstić information content (AvgIpc) is 2.21. The minimum Gasteiger partial charge on any atom is -0.0882 e. The molecule has 0 aliphatic carbocycles. The molecule has 0 aromatic carbocycles. The van der Waals surface area contributed by atoms with E-state index in [-0.39, 0.29) is 0 Å². The highest BCUT2D eigenvalue weighted by molar-refractivity contribution is 5.36. The second-order valence-electron chi connectivity index (χ2n) is 4.92. The summed E-state index contributed by atoms with van der Waals surface area (Å²) in [6.07, 6.45) is 9.55. The number of hydrogen-bond donors (Lipinski definition) is 0. The van der Waals surface area contributed by atoms with E-state index in [1.807, 2.05) is 0 Å². The molecule has 0 saturated carbocycles. The van der Waals surface area contributed by atoms with Gasteiger partial charge in [-0.1, -0.05) is 43.1 Å². The van der Waals surface area contributed by atoms with E-state index in [2.05, 4.69) is 53.7 Å². The summed E-state index contributed by atoms with van der Waals surface area (Å²) in [6.45, 7) is 13.3. The Bertz CT molecular complexity index is 279. The van der Waals surface area contributed by atoms with Crippen molar-refractivity contribution in [2.24, 2.45) is 0 Å². The molecule has 0 aliphatic heterocycles. The van der Waals surface area contributed by atoms with Crippen LogP contribution in [0.3, 0.4) is 0 Å². The quantitative estimate of drug-likeness (QED) is 0.301. The molecule has 0 nitrogen and oxygen atoms in total. The molecule has 0 saturated heterocycles. The Morgan fingerprint density at radius 3 is 1.94 bits per heavy atom. The fourth-order valence-electron chi connectivity index (χ4n) is 1.68. The van der Waals surface area contributed by atoms with Gasteiger partial charge < -0.3 is 0 Å². The first-order valence-electron chi connectivity index (χ1n) is 6.46. The van der Waals surface area contributed by atoms with Gasteiger partial charge in [-0.15, -0.1) is 0 Å². The molecule has 0 bridgehead atoms. The van der Waals surface area contributed by atoms with E-state index in [1.165, 1.54) is 41.6 Å². The molecule has 0 unspecified atom stereocenters. The zero-order valence-corrected chi connectivity index (χ0v) is 12.0. The Labute approximate surface area is 102 Å². The minimum atomic E-state index is 1.09. The van der Waals surface area contributed by atoms with E-state index in [0.717, 1.165) is 6.42 Å². The molecule has 0 aromatic rings. The van der Waals surface area contributed by atoms with E-state index in [4.69, 9.17) is 0 Å². The first-order valence-corrected chi connectivity index (χ1v) is 6.46. The molecule has 0 heterocycles. The fourth-order valence-corrected chi connectivity index (χ4v) is 1.68. The van der Waals surface area contributed by atoms with Crippen molar-refractivity contribution >= 4 is 0 Å². The summed E-state index contributed by atoms with van der Waals surface area (Å²) in [6, 6.07) is 0. The van der Waals surface area contributed by atoms with Crippen molar-refractivity contribution in [3.63, 3.8) is 0 Å². The van der Waals surface area contributed by atoms with Gasteiger partial charge in [0.05, 0.1) is 0 Å². The molecule has 0 spiro atoms. The maximum atomic E-state index is 2.32. The molecule has 0 heteroatoms. The van der Waals surface area contributed by atoms with Crippen molar-refractivity contribution in [1.82, 2.24) is 0 Å². The second kappa shape index (κ2) is 8.38. The monoisotopic (exact) mass is 220 g/mol. The normalized spacial score (nSPS) is 10.6. The van der Waals surface area contributed by atoms with E-state index < -0.39 is 0 Å². The van der Waals surface area contributed by atoms with Gasteiger partial charge in [-0.25, -0.2) is 0 Å². The highest BCUT2D eigenvalue weighted by Gasteiger charge is 2.01. The summed E-state index contributed by atoms with van der Waals surface area (Å²) in [4.78, 5) is 0. The van der Waals surface area contributed by atoms with Crippen LogP contribution in [0, 0.1) is 0 Å². The molecule has 0 atom stereocenters. The van der Waals surface area contributed by atoms with Crippen LogP contribution in [0.2, 0.25) is 0 Å². The van der Waals surface area contributed by atoms with Gasteiger partial charge in [0.1, 0.15) is 0 Å². The van der Waals surface area contributed by atoms with Crippen LogP contribution in [0.15, 0.2) is 34.4 Å². The zero-order valence-electron chi connectivity index (χ0n) is 12.0. The predicted octanol–water partition coefficient (Wildman–Crippen LogP) is 5.82. The molecule has 0 aliphatic rings. The molecule has 0 amide bonds. The molecule has 0 N–H and O–H groups in total. The maximum Gasteiger partial charge on any atom is -0.00955 e. The van der Waals surface area contributed by atoms with Crippen LogP contribution < -0.4 is 0 Å². The maximum absolute atomic E-state index is 2.32. The number of hydrogen-bond acceptors (Lipinski definition) is 0. The van der Waals surface area contributed by atoms with Gasteiger partial charge >= 0.3 is 0 Å². The van der Waals surface area contributed by atoms with E-state index >= 15 is 0 Å². The smallest absolute Gasteiger partial charge is 0.00955 e. The number of allylic oxidation sites excluding steroid dienone is 6. The standard InChI is InChI=1S/C16H28/c1-7-8-9-10-11-12-16(14(4)5)15(6)13(2)3/h10-11H,7-9,12H2,1-6H3. The van der Waals surface area contributed by atoms with Crippen LogP contribution in [-0.4, -0.2) is 0 Å². The fraction of sp³-hybridized carbons (Fsp3) is 0.625. The van der Waals surface area contributed by atoms with Gasteiger partial charge in [0.2, 0.25) is 0 Å². The minimum absolute atomic E-state index is 1.09. The first-order chi connectivity index (χ1) is 7.50. The van der Waals surface area contributed by atoms with Gasteiger partial charge in [0.25, 0.3) is 0 Å². The van der Waals surface area contributed by atoms with Crippen molar-refractivity contribution in [3.8, 4) is 0 Å². The summed E-state index contributed by atoms with van der Waals surface area (Å²) < 4.78 is 0. The summed E-state index contributed by atoms with van der Waals surface area (Å²) in [5, 5.41) is 0. The molecular weight excluding hydrogens is 192 g/mol. The Morgan fingerprint density at radius 2 is 1.50 bits per heavy atom. The van der Waals surface area contributed by atoms with Gasteiger partial charge in [-0.3, -0.25) is 0 Å². The lowest BCUT2D eigenvalue weighted by Gasteiger charge is -2.10. The van der Waals surface area contributed by atoms with Gasteiger partial charge in [0.15, 0.2) is 0 Å². The lowest BCUT2D eigenvalue weighted by atomic mass is 9.96. The second-order valence-corrected chi connectivity index (χ2v) is 4.92. The highest BCUT2D eigenvalue weighted by atomic mass is 14.1. The Kier molecular flexibility index (Phi) is 7.97. The third-order valence-electron chi connectivity index (χ3n) is 3.02. The van der Waals surface area contributed by atoms with Crippen molar-refractivity contribution in [2.75, 3.05) is 0 Å². The first kappa shape index (κ1) is 15.2. The molecular formula is C16H28. The average molecular weight is 220 g/mol. The third-order valence-corrected chi connectivity index (χ3v) is 3.02. The Morgan fingerprint density at radius 1 is 0.875 bits per heavy atom. The van der Waals surface area contributed by atoms with Gasteiger partial charge in [0, 0.05) is 0 Å². The van der Waals surface area contributed by atoms with Crippen molar-refractivity contribution in [3.05, 3.63) is 34.4 Å². The zero-order chi connectivity index (χ0) is 12.6. The van der Waals surface area contributed by atoms with E-state index in [1.54, 1.807) is 0 Å². The predicted molar refractivity (Wildman–Crippen MR) is 75.7 cm³/mol. The van der Waals surface area contributed by atoms with E-state index in [0.29, 0.717) is 0 Å². The highest BCUT2D eigenvalue weighted by Crippen LogP contribution is 2.21. The molecule has 0 radical (unpaired) electrons. The van der Waals surface area contributed by atoms with Crippen LogP contribution >= 0.6 is 0 Å². The van der Waals surface area contributed by atoms with Crippen LogP contribution in [0.1, 0.15) is 67.2 Å². The SMILES string of the molecule is CCCCC=CCC(=C(C)C)C(C)=C(C)C. The van der Waals surface area contributed by atoms with Crippen molar-refractivity contribution in [1.29, 1.82) is 0 Å². The molecule has 92 valence electrons. The van der Waals surface area contributed by atoms with Crippen molar-refractivity contribution in [2.45, 2.75) is 67.2 Å². The molecule has 0 fully saturated rings. The summed E-state index contributed by atoms with van der Waals surface area (Å²) in [5.41, 5.74) is 5.84.